The fourth-order valence-corrected chi connectivity index (χ4v) is 4.79. The first-order valence-corrected chi connectivity index (χ1v) is 11.0. The zero-order chi connectivity index (χ0) is 20.9. The fraction of sp³-hybridized carbons (Fsp3) is 0.500. The van der Waals surface area contributed by atoms with Crippen LogP contribution in [0.2, 0.25) is 0 Å². The van der Waals surface area contributed by atoms with E-state index >= 15 is 0 Å². The molecule has 160 valence electrons. The van der Waals surface area contributed by atoms with Gasteiger partial charge in [0.2, 0.25) is 5.96 Å². The Labute approximate surface area is 178 Å². The summed E-state index contributed by atoms with van der Waals surface area (Å²) in [5.74, 6) is 2.66. The SMILES string of the molecule is CC1=C(C2CC(NO)C3C=NC(=NCCOc4ccccc4)NC3C2)C=CC[C@H]1C. The van der Waals surface area contributed by atoms with Gasteiger partial charge in [-0.3, -0.25) is 0 Å². The predicted octanol–water partition coefficient (Wildman–Crippen LogP) is 3.75. The zero-order valence-electron chi connectivity index (χ0n) is 17.8. The van der Waals surface area contributed by atoms with Gasteiger partial charge in [0.15, 0.2) is 0 Å². The fourth-order valence-electron chi connectivity index (χ4n) is 4.79. The van der Waals surface area contributed by atoms with Crippen LogP contribution in [0.4, 0.5) is 0 Å². The van der Waals surface area contributed by atoms with Gasteiger partial charge in [-0.25, -0.2) is 15.5 Å². The average molecular weight is 409 g/mol. The van der Waals surface area contributed by atoms with Crippen LogP contribution in [-0.4, -0.2) is 42.6 Å². The molecule has 0 radical (unpaired) electrons. The number of fused-ring (bicyclic) bond motifs is 1. The molecule has 1 saturated carbocycles. The summed E-state index contributed by atoms with van der Waals surface area (Å²) in [5.41, 5.74) is 5.46. The monoisotopic (exact) mass is 408 g/mol. The van der Waals surface area contributed by atoms with Gasteiger partial charge in [0.05, 0.1) is 6.54 Å². The van der Waals surface area contributed by atoms with Crippen molar-refractivity contribution < 1.29 is 9.94 Å². The molecule has 4 unspecified atom stereocenters. The highest BCUT2D eigenvalue weighted by Crippen LogP contribution is 2.39. The lowest BCUT2D eigenvalue weighted by molar-refractivity contribution is 0.0731. The Morgan fingerprint density at radius 1 is 1.27 bits per heavy atom. The molecule has 0 amide bonds. The Morgan fingerprint density at radius 2 is 2.10 bits per heavy atom. The zero-order valence-corrected chi connectivity index (χ0v) is 17.8. The minimum absolute atomic E-state index is 0.0149. The van der Waals surface area contributed by atoms with Crippen LogP contribution in [0.3, 0.4) is 0 Å². The first-order chi connectivity index (χ1) is 14.7. The third kappa shape index (κ3) is 4.65. The molecule has 30 heavy (non-hydrogen) atoms. The molecular weight excluding hydrogens is 376 g/mol. The molecule has 6 nitrogen and oxygen atoms in total. The quantitative estimate of drug-likeness (QED) is 0.495. The van der Waals surface area contributed by atoms with Crippen molar-refractivity contribution in [1.82, 2.24) is 10.8 Å². The van der Waals surface area contributed by atoms with E-state index in [1.165, 1.54) is 11.1 Å². The van der Waals surface area contributed by atoms with Crippen molar-refractivity contribution in [2.75, 3.05) is 13.2 Å². The molecule has 2 aliphatic carbocycles. The highest BCUT2D eigenvalue weighted by atomic mass is 16.5. The summed E-state index contributed by atoms with van der Waals surface area (Å²) in [6.45, 7) is 5.60. The van der Waals surface area contributed by atoms with Gasteiger partial charge in [-0.15, -0.1) is 0 Å². The molecule has 0 saturated heterocycles. The number of para-hydroxylation sites is 1. The summed E-state index contributed by atoms with van der Waals surface area (Å²) >= 11 is 0. The van der Waals surface area contributed by atoms with Crippen molar-refractivity contribution in [3.8, 4) is 5.75 Å². The lowest BCUT2D eigenvalue weighted by Crippen LogP contribution is -2.56. The third-order valence-corrected chi connectivity index (χ3v) is 6.64. The van der Waals surface area contributed by atoms with Gasteiger partial charge in [0, 0.05) is 24.2 Å². The van der Waals surface area contributed by atoms with Crippen LogP contribution in [0, 0.1) is 17.8 Å². The number of guanidine groups is 1. The molecule has 3 N–H and O–H groups in total. The summed E-state index contributed by atoms with van der Waals surface area (Å²) in [4.78, 5) is 9.08. The van der Waals surface area contributed by atoms with Crippen molar-refractivity contribution >= 4 is 12.2 Å². The number of hydrogen-bond acceptors (Lipinski definition) is 4. The van der Waals surface area contributed by atoms with Crippen LogP contribution < -0.4 is 15.5 Å². The molecule has 6 heteroatoms. The van der Waals surface area contributed by atoms with E-state index in [1.54, 1.807) is 0 Å². The molecular formula is C24H32N4O2. The van der Waals surface area contributed by atoms with Gasteiger partial charge in [-0.2, -0.15) is 0 Å². The molecule has 1 heterocycles. The van der Waals surface area contributed by atoms with E-state index in [0.717, 1.165) is 25.0 Å². The summed E-state index contributed by atoms with van der Waals surface area (Å²) in [6, 6.07) is 9.95. The van der Waals surface area contributed by atoms with Crippen molar-refractivity contribution in [3.05, 3.63) is 53.6 Å². The van der Waals surface area contributed by atoms with Gasteiger partial charge in [0.25, 0.3) is 0 Å². The standard InChI is InChI=1S/C24H32N4O2/c1-16-7-6-10-20(17(16)2)18-13-22-21(23(14-18)28-29)15-26-24(27-22)25-11-12-30-19-8-4-3-5-9-19/h3-6,8-10,15-16,18,21-23,28-29H,7,11-14H2,1-2H3,(H,25,27)/t16-,18?,21?,22?,23?/m1/s1. The van der Waals surface area contributed by atoms with Crippen molar-refractivity contribution in [2.45, 2.75) is 45.2 Å². The van der Waals surface area contributed by atoms with Crippen LogP contribution in [0.1, 0.15) is 33.1 Å². The minimum Gasteiger partial charge on any atom is -0.492 e. The maximum atomic E-state index is 9.79. The smallest absolute Gasteiger partial charge is 0.217 e. The Bertz CT molecular complexity index is 846. The Balaban J connectivity index is 1.41. The molecule has 0 aromatic heterocycles. The molecule has 1 aromatic rings. The van der Waals surface area contributed by atoms with Gasteiger partial charge >= 0.3 is 0 Å². The first-order valence-electron chi connectivity index (χ1n) is 11.0. The number of nitrogens with one attached hydrogen (secondary N) is 2. The van der Waals surface area contributed by atoms with Crippen LogP contribution in [0.25, 0.3) is 0 Å². The third-order valence-electron chi connectivity index (χ3n) is 6.64. The Morgan fingerprint density at radius 3 is 2.90 bits per heavy atom. The van der Waals surface area contributed by atoms with E-state index in [1.807, 2.05) is 36.5 Å². The van der Waals surface area contributed by atoms with E-state index in [2.05, 4.69) is 46.8 Å². The van der Waals surface area contributed by atoms with E-state index in [-0.39, 0.29) is 18.0 Å². The molecule has 3 aliphatic rings. The summed E-state index contributed by atoms with van der Waals surface area (Å²) < 4.78 is 5.71. The van der Waals surface area contributed by atoms with Crippen LogP contribution in [0.5, 0.6) is 5.75 Å². The van der Waals surface area contributed by atoms with Crippen LogP contribution in [0.15, 0.2) is 63.6 Å². The van der Waals surface area contributed by atoms with E-state index in [4.69, 9.17) is 4.74 Å². The number of allylic oxidation sites excluding steroid dienone is 4. The Kier molecular flexibility index (Phi) is 6.65. The number of aliphatic imine (C=N–C) groups is 2. The first kappa shape index (κ1) is 20.8. The van der Waals surface area contributed by atoms with Crippen LogP contribution >= 0.6 is 0 Å². The second-order valence-electron chi connectivity index (χ2n) is 8.55. The Hall–Kier alpha value is -2.44. The number of hydrogen-bond donors (Lipinski definition) is 3. The van der Waals surface area contributed by atoms with E-state index < -0.39 is 0 Å². The molecule has 4 rings (SSSR count). The highest BCUT2D eigenvalue weighted by molar-refractivity contribution is 5.91. The van der Waals surface area contributed by atoms with Gasteiger partial charge < -0.3 is 15.3 Å². The van der Waals surface area contributed by atoms with Crippen molar-refractivity contribution in [3.63, 3.8) is 0 Å². The lowest BCUT2D eigenvalue weighted by Gasteiger charge is -2.43. The second-order valence-corrected chi connectivity index (χ2v) is 8.55. The summed E-state index contributed by atoms with van der Waals surface area (Å²) in [6.07, 6.45) is 9.56. The molecule has 0 spiro atoms. The normalized spacial score (nSPS) is 32.1. The molecule has 1 aliphatic heterocycles. The van der Waals surface area contributed by atoms with Gasteiger partial charge in [-0.05, 0) is 55.7 Å². The molecule has 1 fully saturated rings. The highest BCUT2D eigenvalue weighted by Gasteiger charge is 2.40. The predicted molar refractivity (Wildman–Crippen MR) is 120 cm³/mol. The average Bonchev–Trinajstić information content (AvgIpc) is 2.78. The minimum atomic E-state index is -0.0149. The molecule has 0 bridgehead atoms. The topological polar surface area (TPSA) is 78.2 Å². The number of rotatable bonds is 6. The second kappa shape index (κ2) is 9.58. The maximum Gasteiger partial charge on any atom is 0.217 e. The lowest BCUT2D eigenvalue weighted by atomic mass is 9.70. The van der Waals surface area contributed by atoms with Crippen LogP contribution in [-0.2, 0) is 0 Å². The van der Waals surface area contributed by atoms with E-state index in [0.29, 0.717) is 30.9 Å². The largest absolute Gasteiger partial charge is 0.492 e. The molecule has 5 atom stereocenters. The number of benzene rings is 1. The summed E-state index contributed by atoms with van der Waals surface area (Å²) in [7, 11) is 0. The number of hydroxylamine groups is 1. The maximum absolute atomic E-state index is 9.79. The van der Waals surface area contributed by atoms with E-state index in [9.17, 15) is 5.21 Å². The number of nitrogens with zero attached hydrogens (tertiary/aromatic N) is 2. The summed E-state index contributed by atoms with van der Waals surface area (Å²) in [5, 5.41) is 13.3. The van der Waals surface area contributed by atoms with Gasteiger partial charge in [0.1, 0.15) is 12.4 Å². The van der Waals surface area contributed by atoms with Crippen molar-refractivity contribution in [1.29, 1.82) is 0 Å². The van der Waals surface area contributed by atoms with Crippen molar-refractivity contribution in [2.24, 2.45) is 27.7 Å². The van der Waals surface area contributed by atoms with Gasteiger partial charge in [-0.1, -0.05) is 42.8 Å². The number of ether oxygens (including phenoxy) is 1. The molecule has 1 aromatic carbocycles.